The highest BCUT2D eigenvalue weighted by molar-refractivity contribution is 5.47. The molecule has 2 heterocycles. The van der Waals surface area contributed by atoms with Gasteiger partial charge >= 0.3 is 0 Å². The van der Waals surface area contributed by atoms with E-state index in [0.29, 0.717) is 11.2 Å². The Hall–Kier alpha value is -1.32. The zero-order chi connectivity index (χ0) is 12.5. The number of hydrogen-bond donors (Lipinski definition) is 1. The van der Waals surface area contributed by atoms with Gasteiger partial charge in [-0.25, -0.2) is 9.97 Å². The van der Waals surface area contributed by atoms with E-state index >= 15 is 0 Å². The molecule has 1 aromatic heterocycles. The van der Waals surface area contributed by atoms with Gasteiger partial charge in [0.05, 0.1) is 0 Å². The first kappa shape index (κ1) is 12.1. The molecule has 0 atom stereocenters. The Morgan fingerprint density at radius 1 is 1.24 bits per heavy atom. The lowest BCUT2D eigenvalue weighted by Gasteiger charge is -2.24. The zero-order valence-electron chi connectivity index (χ0n) is 11.0. The second-order valence-corrected chi connectivity index (χ2v) is 5.70. The summed E-state index contributed by atoms with van der Waals surface area (Å²) in [4.78, 5) is 10.9. The van der Waals surface area contributed by atoms with Gasteiger partial charge in [-0.2, -0.15) is 0 Å². The molecule has 2 N–H and O–H groups in total. The molecule has 1 saturated heterocycles. The molecule has 0 saturated carbocycles. The van der Waals surface area contributed by atoms with E-state index in [4.69, 9.17) is 5.73 Å². The minimum Gasteiger partial charge on any atom is -0.384 e. The van der Waals surface area contributed by atoms with Gasteiger partial charge in [-0.05, 0) is 31.6 Å². The van der Waals surface area contributed by atoms with Crippen LogP contribution in [0.3, 0.4) is 0 Å². The van der Waals surface area contributed by atoms with E-state index in [0.717, 1.165) is 24.7 Å². The number of anilines is 2. The van der Waals surface area contributed by atoms with Crippen LogP contribution in [0.15, 0.2) is 6.07 Å². The summed E-state index contributed by atoms with van der Waals surface area (Å²) in [5.74, 6) is 2.30. The van der Waals surface area contributed by atoms with Crippen LogP contribution in [0.25, 0.3) is 0 Å². The van der Waals surface area contributed by atoms with Crippen molar-refractivity contribution >= 4 is 11.6 Å². The normalized spacial score (nSPS) is 20.1. The van der Waals surface area contributed by atoms with Gasteiger partial charge in [-0.1, -0.05) is 13.8 Å². The Morgan fingerprint density at radius 2 is 2.00 bits per heavy atom. The third-order valence-corrected chi connectivity index (χ3v) is 3.51. The molecule has 0 radical (unpaired) electrons. The molecule has 0 spiro atoms. The van der Waals surface area contributed by atoms with E-state index in [2.05, 4.69) is 28.7 Å². The number of nitrogens with zero attached hydrogens (tertiary/aromatic N) is 3. The Morgan fingerprint density at radius 3 is 2.71 bits per heavy atom. The summed E-state index contributed by atoms with van der Waals surface area (Å²) in [5, 5.41) is 0. The molecule has 0 aromatic carbocycles. The molecule has 0 aliphatic carbocycles. The average molecular weight is 234 g/mol. The van der Waals surface area contributed by atoms with Gasteiger partial charge < -0.3 is 10.6 Å². The monoisotopic (exact) mass is 234 g/mol. The fourth-order valence-electron chi connectivity index (χ4n) is 2.39. The third-order valence-electron chi connectivity index (χ3n) is 3.51. The first-order valence-electron chi connectivity index (χ1n) is 6.32. The Kier molecular flexibility index (Phi) is 3.22. The van der Waals surface area contributed by atoms with Crippen LogP contribution in [-0.4, -0.2) is 23.1 Å². The molecule has 2 rings (SSSR count). The first-order chi connectivity index (χ1) is 7.96. The summed E-state index contributed by atoms with van der Waals surface area (Å²) in [5.41, 5.74) is 6.23. The van der Waals surface area contributed by atoms with Crippen molar-refractivity contribution in [1.82, 2.24) is 9.97 Å². The topological polar surface area (TPSA) is 55.0 Å². The van der Waals surface area contributed by atoms with E-state index in [1.165, 1.54) is 19.3 Å². The second kappa shape index (κ2) is 4.51. The maximum absolute atomic E-state index is 5.78. The summed E-state index contributed by atoms with van der Waals surface area (Å²) in [6, 6.07) is 1.88. The minimum absolute atomic E-state index is 0.447. The van der Waals surface area contributed by atoms with Gasteiger partial charge in [-0.15, -0.1) is 0 Å². The maximum Gasteiger partial charge on any atom is 0.134 e. The highest BCUT2D eigenvalue weighted by Gasteiger charge is 2.23. The first-order valence-corrected chi connectivity index (χ1v) is 6.32. The second-order valence-electron chi connectivity index (χ2n) is 5.70. The Labute approximate surface area is 103 Å². The van der Waals surface area contributed by atoms with E-state index in [1.807, 2.05) is 13.0 Å². The molecule has 17 heavy (non-hydrogen) atoms. The summed E-state index contributed by atoms with van der Waals surface area (Å²) in [7, 11) is 0. The SMILES string of the molecule is Cc1nc(N)cc(N2CCCC(C)(C)CC2)n1. The quantitative estimate of drug-likeness (QED) is 0.810. The van der Waals surface area contributed by atoms with Crippen molar-refractivity contribution in [2.24, 2.45) is 5.41 Å². The predicted molar refractivity (Wildman–Crippen MR) is 71.0 cm³/mol. The van der Waals surface area contributed by atoms with Crippen LogP contribution < -0.4 is 10.6 Å². The van der Waals surface area contributed by atoms with Gasteiger partial charge in [0.1, 0.15) is 17.5 Å². The van der Waals surface area contributed by atoms with Crippen LogP contribution in [-0.2, 0) is 0 Å². The van der Waals surface area contributed by atoms with E-state index in [1.54, 1.807) is 0 Å². The van der Waals surface area contributed by atoms with Crippen molar-refractivity contribution in [3.63, 3.8) is 0 Å². The molecular weight excluding hydrogens is 212 g/mol. The fraction of sp³-hybridized carbons (Fsp3) is 0.692. The average Bonchev–Trinajstić information content (AvgIpc) is 2.38. The Balaban J connectivity index is 2.17. The lowest BCUT2D eigenvalue weighted by atomic mass is 9.85. The Bertz CT molecular complexity index is 380. The third kappa shape index (κ3) is 3.08. The van der Waals surface area contributed by atoms with Crippen molar-refractivity contribution in [3.05, 3.63) is 11.9 Å². The van der Waals surface area contributed by atoms with Crippen LogP contribution in [0.4, 0.5) is 11.6 Å². The summed E-state index contributed by atoms with van der Waals surface area (Å²) in [6.07, 6.45) is 3.70. The number of aromatic nitrogens is 2. The molecular formula is C13H22N4. The molecule has 1 aliphatic heterocycles. The van der Waals surface area contributed by atoms with Crippen molar-refractivity contribution in [3.8, 4) is 0 Å². The molecule has 4 nitrogen and oxygen atoms in total. The van der Waals surface area contributed by atoms with Crippen molar-refractivity contribution in [1.29, 1.82) is 0 Å². The van der Waals surface area contributed by atoms with Gasteiger partial charge in [0.15, 0.2) is 0 Å². The number of rotatable bonds is 1. The lowest BCUT2D eigenvalue weighted by Crippen LogP contribution is -2.26. The van der Waals surface area contributed by atoms with Crippen molar-refractivity contribution in [2.45, 2.75) is 40.0 Å². The number of nitrogen functional groups attached to an aromatic ring is 1. The summed E-state index contributed by atoms with van der Waals surface area (Å²) < 4.78 is 0. The largest absolute Gasteiger partial charge is 0.384 e. The molecule has 4 heteroatoms. The van der Waals surface area contributed by atoms with Gasteiger partial charge in [0.2, 0.25) is 0 Å². The van der Waals surface area contributed by atoms with Crippen molar-refractivity contribution < 1.29 is 0 Å². The number of aryl methyl sites for hydroxylation is 1. The van der Waals surface area contributed by atoms with Crippen LogP contribution >= 0.6 is 0 Å². The number of hydrogen-bond acceptors (Lipinski definition) is 4. The molecule has 1 fully saturated rings. The summed E-state index contributed by atoms with van der Waals surface area (Å²) >= 11 is 0. The van der Waals surface area contributed by atoms with E-state index < -0.39 is 0 Å². The van der Waals surface area contributed by atoms with E-state index in [-0.39, 0.29) is 0 Å². The van der Waals surface area contributed by atoms with Gasteiger partial charge in [0.25, 0.3) is 0 Å². The molecule has 1 aromatic rings. The predicted octanol–water partition coefficient (Wildman–Crippen LogP) is 2.38. The van der Waals surface area contributed by atoms with Crippen LogP contribution in [0.5, 0.6) is 0 Å². The van der Waals surface area contributed by atoms with Crippen molar-refractivity contribution in [2.75, 3.05) is 23.7 Å². The maximum atomic E-state index is 5.78. The van der Waals surface area contributed by atoms with E-state index in [9.17, 15) is 0 Å². The molecule has 0 amide bonds. The van der Waals surface area contributed by atoms with Gasteiger partial charge in [0, 0.05) is 19.2 Å². The molecule has 94 valence electrons. The standard InChI is InChI=1S/C13H22N4/c1-10-15-11(14)9-12(16-10)17-7-4-5-13(2,3)6-8-17/h9H,4-8H2,1-3H3,(H2,14,15,16). The van der Waals surface area contributed by atoms with Crippen LogP contribution in [0.1, 0.15) is 38.9 Å². The van der Waals surface area contributed by atoms with Gasteiger partial charge in [-0.3, -0.25) is 0 Å². The smallest absolute Gasteiger partial charge is 0.134 e. The molecule has 1 aliphatic rings. The van der Waals surface area contributed by atoms with Crippen LogP contribution in [0, 0.1) is 12.3 Å². The lowest BCUT2D eigenvalue weighted by molar-refractivity contribution is 0.325. The fourth-order valence-corrected chi connectivity index (χ4v) is 2.39. The number of nitrogens with two attached hydrogens (primary N) is 1. The molecule has 0 bridgehead atoms. The summed E-state index contributed by atoms with van der Waals surface area (Å²) in [6.45, 7) is 8.70. The minimum atomic E-state index is 0.447. The highest BCUT2D eigenvalue weighted by Crippen LogP contribution is 2.31. The van der Waals surface area contributed by atoms with Crippen LogP contribution in [0.2, 0.25) is 0 Å². The molecule has 0 unspecified atom stereocenters. The highest BCUT2D eigenvalue weighted by atomic mass is 15.2. The zero-order valence-corrected chi connectivity index (χ0v) is 11.0.